The highest BCUT2D eigenvalue weighted by atomic mass is 32.2. The SMILES string of the molecule is N#Cc1cccc2cc[n+](CCS(=O)(=O)O)nc12. The molecule has 0 fully saturated rings. The van der Waals surface area contributed by atoms with Crippen molar-refractivity contribution >= 4 is 21.0 Å². The van der Waals surface area contributed by atoms with Crippen LogP contribution < -0.4 is 4.68 Å². The lowest BCUT2D eigenvalue weighted by atomic mass is 10.1. The summed E-state index contributed by atoms with van der Waals surface area (Å²) in [5.74, 6) is -0.412. The number of benzene rings is 1. The monoisotopic (exact) mass is 264 g/mol. The molecule has 1 aromatic carbocycles. The minimum atomic E-state index is -4.02. The second-order valence-corrected chi connectivity index (χ2v) is 5.29. The molecule has 0 amide bonds. The van der Waals surface area contributed by atoms with Crippen molar-refractivity contribution in [1.29, 1.82) is 5.26 Å². The first-order chi connectivity index (χ1) is 8.49. The maximum atomic E-state index is 10.7. The Hall–Kier alpha value is -2.04. The van der Waals surface area contributed by atoms with Crippen molar-refractivity contribution in [1.82, 2.24) is 5.10 Å². The van der Waals surface area contributed by atoms with Crippen molar-refractivity contribution in [3.05, 3.63) is 36.0 Å². The van der Waals surface area contributed by atoms with Crippen molar-refractivity contribution in [2.75, 3.05) is 5.75 Å². The number of aryl methyl sites for hydroxylation is 1. The highest BCUT2D eigenvalue weighted by molar-refractivity contribution is 7.85. The lowest BCUT2D eigenvalue weighted by Crippen LogP contribution is -2.40. The van der Waals surface area contributed by atoms with E-state index in [2.05, 4.69) is 5.10 Å². The first kappa shape index (κ1) is 12.4. The van der Waals surface area contributed by atoms with Crippen LogP contribution in [0.15, 0.2) is 30.5 Å². The van der Waals surface area contributed by atoms with E-state index in [1.807, 2.05) is 12.1 Å². The summed E-state index contributed by atoms with van der Waals surface area (Å²) >= 11 is 0. The molecule has 0 aliphatic carbocycles. The molecule has 0 unspecified atom stereocenters. The molecular weight excluding hydrogens is 254 g/mol. The van der Waals surface area contributed by atoms with E-state index in [0.29, 0.717) is 11.1 Å². The topological polar surface area (TPSA) is 94.9 Å². The molecule has 0 saturated carbocycles. The number of nitriles is 1. The minimum absolute atomic E-state index is 0.0362. The zero-order valence-electron chi connectivity index (χ0n) is 9.31. The normalized spacial score (nSPS) is 11.3. The number of nitrogens with zero attached hydrogens (tertiary/aromatic N) is 3. The van der Waals surface area contributed by atoms with Crippen LogP contribution in [0.3, 0.4) is 0 Å². The molecule has 0 aliphatic heterocycles. The summed E-state index contributed by atoms with van der Waals surface area (Å²) in [6.45, 7) is 0.0362. The quantitative estimate of drug-likeness (QED) is 0.634. The summed E-state index contributed by atoms with van der Waals surface area (Å²) in [6, 6.07) is 8.98. The molecule has 0 spiro atoms. The molecule has 0 atom stereocenters. The first-order valence-corrected chi connectivity index (χ1v) is 6.75. The molecule has 0 saturated heterocycles. The Morgan fingerprint density at radius 3 is 2.83 bits per heavy atom. The number of aromatic nitrogens is 2. The van der Waals surface area contributed by atoms with Crippen LogP contribution in [-0.2, 0) is 16.7 Å². The van der Waals surface area contributed by atoms with E-state index in [1.165, 1.54) is 4.68 Å². The predicted molar refractivity (Wildman–Crippen MR) is 63.1 cm³/mol. The van der Waals surface area contributed by atoms with Crippen molar-refractivity contribution in [2.24, 2.45) is 0 Å². The molecule has 1 N–H and O–H groups in total. The number of fused-ring (bicyclic) bond motifs is 1. The van der Waals surface area contributed by atoms with Gasteiger partial charge in [0.1, 0.15) is 11.8 Å². The van der Waals surface area contributed by atoms with E-state index < -0.39 is 15.9 Å². The fourth-order valence-electron chi connectivity index (χ4n) is 1.56. The van der Waals surface area contributed by atoms with E-state index in [-0.39, 0.29) is 6.54 Å². The largest absolute Gasteiger partial charge is 0.285 e. The maximum Gasteiger partial charge on any atom is 0.271 e. The smallest absolute Gasteiger partial charge is 0.271 e. The molecule has 18 heavy (non-hydrogen) atoms. The van der Waals surface area contributed by atoms with Crippen LogP contribution in [-0.4, -0.2) is 23.8 Å². The molecule has 2 rings (SSSR count). The van der Waals surface area contributed by atoms with Gasteiger partial charge in [0.05, 0.1) is 5.56 Å². The van der Waals surface area contributed by atoms with Gasteiger partial charge in [0, 0.05) is 16.6 Å². The van der Waals surface area contributed by atoms with Crippen LogP contribution in [0, 0.1) is 11.3 Å². The second-order valence-electron chi connectivity index (χ2n) is 3.72. The minimum Gasteiger partial charge on any atom is -0.285 e. The standard InChI is InChI=1S/C11H9N3O3S/c12-8-10-3-1-2-9-4-5-14(13-11(9)10)6-7-18(15,16)17/h1-5H,6-7H2/p+1. The third kappa shape index (κ3) is 2.80. The zero-order valence-corrected chi connectivity index (χ0v) is 10.1. The molecule has 0 radical (unpaired) electrons. The van der Waals surface area contributed by atoms with Gasteiger partial charge in [-0.1, -0.05) is 16.8 Å². The van der Waals surface area contributed by atoms with Gasteiger partial charge in [-0.05, 0) is 6.07 Å². The van der Waals surface area contributed by atoms with Gasteiger partial charge in [-0.25, -0.2) is 0 Å². The average Bonchev–Trinajstić information content (AvgIpc) is 2.34. The summed E-state index contributed by atoms with van der Waals surface area (Å²) in [7, 11) is -4.02. The maximum absolute atomic E-state index is 10.7. The van der Waals surface area contributed by atoms with Crippen molar-refractivity contribution in [2.45, 2.75) is 6.54 Å². The first-order valence-electron chi connectivity index (χ1n) is 5.14. The van der Waals surface area contributed by atoms with E-state index in [9.17, 15) is 8.42 Å². The fourth-order valence-corrected chi connectivity index (χ4v) is 1.98. The number of hydrogen-bond acceptors (Lipinski definition) is 4. The number of hydrogen-bond donors (Lipinski definition) is 1. The zero-order chi connectivity index (χ0) is 13.2. The molecule has 1 aromatic heterocycles. The van der Waals surface area contributed by atoms with Gasteiger partial charge in [-0.15, -0.1) is 0 Å². The highest BCUT2D eigenvalue weighted by Gasteiger charge is 2.13. The Labute approximate surface area is 104 Å². The summed E-state index contributed by atoms with van der Waals surface area (Å²) < 4.78 is 31.4. The van der Waals surface area contributed by atoms with Crippen molar-refractivity contribution in [3.63, 3.8) is 0 Å². The van der Waals surface area contributed by atoms with E-state index in [1.54, 1.807) is 24.4 Å². The summed E-state index contributed by atoms with van der Waals surface area (Å²) in [5, 5.41) is 13.9. The fraction of sp³-hybridized carbons (Fsp3) is 0.182. The molecular formula is C11H10N3O3S+. The van der Waals surface area contributed by atoms with Gasteiger partial charge in [-0.2, -0.15) is 13.7 Å². The lowest BCUT2D eigenvalue weighted by Gasteiger charge is -1.98. The van der Waals surface area contributed by atoms with Crippen LogP contribution in [0.1, 0.15) is 5.56 Å². The number of rotatable bonds is 3. The van der Waals surface area contributed by atoms with Crippen molar-refractivity contribution in [3.8, 4) is 6.07 Å². The summed E-state index contributed by atoms with van der Waals surface area (Å²) in [4.78, 5) is 0. The second kappa shape index (κ2) is 4.68. The van der Waals surface area contributed by atoms with Crippen LogP contribution in [0.2, 0.25) is 0 Å². The molecule has 6 nitrogen and oxygen atoms in total. The van der Waals surface area contributed by atoms with Gasteiger partial charge in [0.25, 0.3) is 10.1 Å². The van der Waals surface area contributed by atoms with Gasteiger partial charge in [-0.3, -0.25) is 4.55 Å². The van der Waals surface area contributed by atoms with Crippen LogP contribution >= 0.6 is 0 Å². The average molecular weight is 264 g/mol. The summed E-state index contributed by atoms with van der Waals surface area (Å²) in [5.41, 5.74) is 0.937. The summed E-state index contributed by atoms with van der Waals surface area (Å²) in [6.07, 6.45) is 1.61. The van der Waals surface area contributed by atoms with Crippen LogP contribution in [0.5, 0.6) is 0 Å². The van der Waals surface area contributed by atoms with Gasteiger partial charge in [0.2, 0.25) is 0 Å². The van der Waals surface area contributed by atoms with Gasteiger partial charge >= 0.3 is 0 Å². The molecule has 0 bridgehead atoms. The predicted octanol–water partition coefficient (Wildman–Crippen LogP) is 0.282. The molecule has 2 aromatic rings. The third-order valence-electron chi connectivity index (χ3n) is 2.42. The Kier molecular flexibility index (Phi) is 3.23. The van der Waals surface area contributed by atoms with Crippen molar-refractivity contribution < 1.29 is 17.7 Å². The molecule has 1 heterocycles. The Balaban J connectivity index is 2.41. The molecule has 0 aliphatic rings. The Morgan fingerprint density at radius 1 is 1.39 bits per heavy atom. The third-order valence-corrected chi connectivity index (χ3v) is 3.12. The van der Waals surface area contributed by atoms with E-state index in [4.69, 9.17) is 9.81 Å². The lowest BCUT2D eigenvalue weighted by molar-refractivity contribution is -0.747. The highest BCUT2D eigenvalue weighted by Crippen LogP contribution is 2.13. The van der Waals surface area contributed by atoms with E-state index in [0.717, 1.165) is 5.39 Å². The van der Waals surface area contributed by atoms with Gasteiger partial charge in [0.15, 0.2) is 18.3 Å². The van der Waals surface area contributed by atoms with Crippen LogP contribution in [0.4, 0.5) is 0 Å². The van der Waals surface area contributed by atoms with Gasteiger partial charge < -0.3 is 0 Å². The van der Waals surface area contributed by atoms with Crippen LogP contribution in [0.25, 0.3) is 10.9 Å². The molecule has 92 valence electrons. The van der Waals surface area contributed by atoms with E-state index >= 15 is 0 Å². The Morgan fingerprint density at radius 2 is 2.17 bits per heavy atom. The Bertz CT molecular complexity index is 735. The molecule has 7 heteroatoms.